The van der Waals surface area contributed by atoms with E-state index >= 15 is 0 Å². The molecule has 5 rings (SSSR count). The van der Waals surface area contributed by atoms with Gasteiger partial charge in [-0.2, -0.15) is 4.98 Å². The van der Waals surface area contributed by atoms with Crippen molar-refractivity contribution in [3.05, 3.63) is 35.4 Å². The minimum absolute atomic E-state index is 0.0162. The molecule has 0 spiro atoms. The number of anilines is 2. The first-order valence-electron chi connectivity index (χ1n) is 11.9. The predicted octanol–water partition coefficient (Wildman–Crippen LogP) is -1.17. The van der Waals surface area contributed by atoms with Gasteiger partial charge in [-0.3, -0.25) is 13.7 Å². The van der Waals surface area contributed by atoms with E-state index in [2.05, 4.69) is 32.2 Å². The third kappa shape index (κ3) is 6.96. The summed E-state index contributed by atoms with van der Waals surface area (Å²) in [6, 6.07) is 1.39. The van der Waals surface area contributed by atoms with Crippen molar-refractivity contribution in [2.75, 3.05) is 24.7 Å². The first-order chi connectivity index (χ1) is 19.3. The molecule has 18 nitrogen and oxygen atoms in total. The molecule has 0 amide bonds. The molecule has 2 saturated heterocycles. The molecule has 5 heterocycles. The topological polar surface area (TPSA) is 257 Å². The molecule has 0 radical (unpaired) electrons. The number of aliphatic hydroxyl groups is 1. The summed E-state index contributed by atoms with van der Waals surface area (Å²) in [6.45, 7) is -9.67. The SMILES string of the molecule is Nc1ccn([C@H]2C[C@@H](OP([O-])(=S)OC[C@H]3O[C@@H](n4cnc5c(N)ncnc54)C[C@H]3OP(=O)(O)[S-])[C@@H](CO)O2)c(=O)n1. The summed E-state index contributed by atoms with van der Waals surface area (Å²) in [7, 11) is 0. The predicted molar refractivity (Wildman–Crippen MR) is 144 cm³/mol. The standard InChI is InChI=1S/C19H26N8O10P2S2/c20-13-1-2-26(19(29)25-13)14-3-9(11(5-28)34-14)37-39(32,41)33-6-12-10(36-38(30,31)40)4-15(35-12)27-8-24-16-17(21)22-7-23-18(16)27/h1-2,7-12,14-15,28H,3-6H2,(H,32,41)(H2,20,25,29)(H2,21,22,23)(H2,30,31,40)/p-2/t9-,10-,11-,12-,14-,15-,39?/m1/s1. The highest BCUT2D eigenvalue weighted by Gasteiger charge is 2.41. The lowest BCUT2D eigenvalue weighted by molar-refractivity contribution is -0.215. The van der Waals surface area contributed by atoms with Crippen LogP contribution in [0.25, 0.3) is 11.2 Å². The Bertz CT molecular complexity index is 1570. The van der Waals surface area contributed by atoms with E-state index in [1.54, 1.807) is 0 Å². The van der Waals surface area contributed by atoms with Crippen LogP contribution in [0, 0.1) is 0 Å². The Labute approximate surface area is 241 Å². The first-order valence-corrected chi connectivity index (χ1v) is 17.0. The van der Waals surface area contributed by atoms with Crippen LogP contribution in [0.1, 0.15) is 25.3 Å². The molecule has 2 aliphatic heterocycles. The maximum atomic E-state index is 13.1. The number of ether oxygens (including phenoxy) is 2. The average Bonchev–Trinajstić information content (AvgIpc) is 3.59. The summed E-state index contributed by atoms with van der Waals surface area (Å²) < 4.78 is 42.3. The van der Waals surface area contributed by atoms with Crippen LogP contribution in [-0.4, -0.2) is 76.7 Å². The van der Waals surface area contributed by atoms with E-state index in [9.17, 15) is 24.3 Å². The minimum Gasteiger partial charge on any atom is -0.780 e. The van der Waals surface area contributed by atoms with Crippen molar-refractivity contribution in [2.24, 2.45) is 0 Å². The summed E-state index contributed by atoms with van der Waals surface area (Å²) in [4.78, 5) is 50.8. The van der Waals surface area contributed by atoms with Gasteiger partial charge in [0, 0.05) is 19.0 Å². The van der Waals surface area contributed by atoms with Crippen molar-refractivity contribution >= 4 is 60.4 Å². The molecular formula is C19H24N8O10P2S2-2. The van der Waals surface area contributed by atoms with Gasteiger partial charge in [-0.05, 0) is 6.07 Å². The van der Waals surface area contributed by atoms with Crippen molar-refractivity contribution in [1.29, 1.82) is 0 Å². The number of nitrogen functional groups attached to an aromatic ring is 2. The summed E-state index contributed by atoms with van der Waals surface area (Å²) in [5.74, 6) is 0.163. The number of imidazole rings is 1. The van der Waals surface area contributed by atoms with E-state index < -0.39 is 69.3 Å². The van der Waals surface area contributed by atoms with Gasteiger partial charge in [0.15, 0.2) is 18.3 Å². The van der Waals surface area contributed by atoms with E-state index in [0.29, 0.717) is 11.2 Å². The number of hydrogen-bond donors (Lipinski definition) is 4. The number of nitrogens with two attached hydrogens (primary N) is 2. The van der Waals surface area contributed by atoms with Gasteiger partial charge in [-0.15, -0.1) is 0 Å². The van der Waals surface area contributed by atoms with E-state index in [1.165, 1.54) is 29.5 Å². The Morgan fingerprint density at radius 3 is 2.51 bits per heavy atom. The van der Waals surface area contributed by atoms with Crippen molar-refractivity contribution in [1.82, 2.24) is 29.1 Å². The smallest absolute Gasteiger partial charge is 0.351 e. The maximum absolute atomic E-state index is 13.1. The molecule has 224 valence electrons. The third-order valence-corrected chi connectivity index (χ3v) is 8.69. The number of nitrogens with zero attached hydrogens (tertiary/aromatic N) is 6. The van der Waals surface area contributed by atoms with Crippen molar-refractivity contribution in [3.63, 3.8) is 0 Å². The Morgan fingerprint density at radius 1 is 1.15 bits per heavy atom. The molecule has 3 aromatic heterocycles. The average molecular weight is 651 g/mol. The van der Waals surface area contributed by atoms with Gasteiger partial charge in [0.2, 0.25) is 0 Å². The minimum atomic E-state index is -4.39. The quantitative estimate of drug-likeness (QED) is 0.149. The maximum Gasteiger partial charge on any atom is 0.351 e. The monoisotopic (exact) mass is 650 g/mol. The second-order valence-electron chi connectivity index (χ2n) is 9.04. The van der Waals surface area contributed by atoms with Crippen LogP contribution in [0.15, 0.2) is 29.7 Å². The fraction of sp³-hybridized carbons (Fsp3) is 0.526. The van der Waals surface area contributed by atoms with Crippen LogP contribution in [0.5, 0.6) is 0 Å². The van der Waals surface area contributed by atoms with E-state index in [-0.39, 0.29) is 24.5 Å². The number of aliphatic hydroxyl groups excluding tert-OH is 1. The largest absolute Gasteiger partial charge is 0.780 e. The van der Waals surface area contributed by atoms with Gasteiger partial charge in [0.25, 0.3) is 0 Å². The zero-order valence-corrected chi connectivity index (χ0v) is 24.2. The zero-order valence-electron chi connectivity index (χ0n) is 20.8. The number of hydrogen-bond acceptors (Lipinski definition) is 17. The van der Waals surface area contributed by atoms with Gasteiger partial charge in [0.1, 0.15) is 49.0 Å². The van der Waals surface area contributed by atoms with Gasteiger partial charge >= 0.3 is 5.69 Å². The van der Waals surface area contributed by atoms with E-state index in [0.717, 1.165) is 4.57 Å². The number of aromatic nitrogens is 6. The Morgan fingerprint density at radius 2 is 1.83 bits per heavy atom. The number of rotatable bonds is 10. The summed E-state index contributed by atoms with van der Waals surface area (Å²) in [5, 5.41) is 9.76. The lowest BCUT2D eigenvalue weighted by Gasteiger charge is -2.33. The summed E-state index contributed by atoms with van der Waals surface area (Å²) >= 11 is 9.58. The Balaban J connectivity index is 1.27. The lowest BCUT2D eigenvalue weighted by Crippen LogP contribution is -2.31. The Hall–Kier alpha value is -2.06. The van der Waals surface area contributed by atoms with Crippen molar-refractivity contribution in [3.8, 4) is 0 Å². The molecule has 0 aromatic carbocycles. The zero-order chi connectivity index (χ0) is 29.5. The molecule has 0 bridgehead atoms. The second-order valence-corrected chi connectivity index (χ2v) is 14.3. The van der Waals surface area contributed by atoms with Crippen LogP contribution in [0.3, 0.4) is 0 Å². The summed E-state index contributed by atoms with van der Waals surface area (Å²) in [5.41, 5.74) is 11.3. The fourth-order valence-electron chi connectivity index (χ4n) is 4.54. The molecule has 2 unspecified atom stereocenters. The first kappa shape index (κ1) is 30.4. The highest BCUT2D eigenvalue weighted by Crippen LogP contribution is 2.48. The molecule has 2 aliphatic rings. The van der Waals surface area contributed by atoms with Crippen LogP contribution < -0.4 is 22.1 Å². The normalized spacial score (nSPS) is 29.5. The van der Waals surface area contributed by atoms with Crippen molar-refractivity contribution in [2.45, 2.75) is 49.7 Å². The van der Waals surface area contributed by atoms with Crippen LogP contribution in [0.4, 0.5) is 11.6 Å². The molecule has 2 fully saturated rings. The summed E-state index contributed by atoms with van der Waals surface area (Å²) in [6.07, 6.45) is -1.85. The molecular weight excluding hydrogens is 626 g/mol. The fourth-order valence-corrected chi connectivity index (χ4v) is 6.89. The molecule has 6 N–H and O–H groups in total. The molecule has 0 aliphatic carbocycles. The van der Waals surface area contributed by atoms with Crippen LogP contribution in [-0.2, 0) is 51.7 Å². The van der Waals surface area contributed by atoms with Gasteiger partial charge < -0.3 is 61.7 Å². The van der Waals surface area contributed by atoms with Gasteiger partial charge in [0.05, 0.1) is 31.7 Å². The molecule has 3 aromatic rings. The van der Waals surface area contributed by atoms with Gasteiger partial charge in [-0.25, -0.2) is 19.7 Å². The molecule has 8 atom stereocenters. The molecule has 0 saturated carbocycles. The highest BCUT2D eigenvalue weighted by molar-refractivity contribution is 8.31. The number of fused-ring (bicyclic) bond motifs is 1. The van der Waals surface area contributed by atoms with E-state index in [1.807, 2.05) is 0 Å². The lowest BCUT2D eigenvalue weighted by atomic mass is 10.2. The van der Waals surface area contributed by atoms with Gasteiger partial charge in [-0.1, -0.05) is 11.8 Å². The molecule has 22 heteroatoms. The van der Waals surface area contributed by atoms with Crippen molar-refractivity contribution < 1.29 is 42.5 Å². The third-order valence-electron chi connectivity index (χ3n) is 6.33. The van der Waals surface area contributed by atoms with E-state index in [4.69, 9.17) is 46.3 Å². The highest BCUT2D eigenvalue weighted by atomic mass is 32.7. The van der Waals surface area contributed by atoms with Crippen LogP contribution >= 0.6 is 13.5 Å². The van der Waals surface area contributed by atoms with Crippen LogP contribution in [0.2, 0.25) is 0 Å². The molecule has 41 heavy (non-hydrogen) atoms. The Kier molecular flexibility index (Phi) is 8.83. The second kappa shape index (κ2) is 11.9.